The molecule has 5 nitrogen and oxygen atoms in total. The molecule has 0 saturated heterocycles. The van der Waals surface area contributed by atoms with Crippen molar-refractivity contribution in [2.45, 2.75) is 6.92 Å². The van der Waals surface area contributed by atoms with E-state index in [0.717, 1.165) is 5.56 Å². The van der Waals surface area contributed by atoms with Gasteiger partial charge in [-0.2, -0.15) is 0 Å². The van der Waals surface area contributed by atoms with Gasteiger partial charge in [-0.3, -0.25) is 0 Å². The molecule has 0 amide bonds. The molecule has 24 heavy (non-hydrogen) atoms. The van der Waals surface area contributed by atoms with Crippen LogP contribution in [0.15, 0.2) is 48.7 Å². The first-order valence-electron chi connectivity index (χ1n) is 7.44. The summed E-state index contributed by atoms with van der Waals surface area (Å²) in [5.74, 6) is 0.213. The molecular formula is C18H17FN4O. The van der Waals surface area contributed by atoms with Crippen molar-refractivity contribution in [3.8, 4) is 17.0 Å². The molecule has 0 radical (unpaired) electrons. The van der Waals surface area contributed by atoms with Gasteiger partial charge in [-0.25, -0.2) is 14.4 Å². The van der Waals surface area contributed by atoms with Gasteiger partial charge in [0.2, 0.25) is 5.95 Å². The smallest absolute Gasteiger partial charge is 0.222 e. The highest BCUT2D eigenvalue weighted by Gasteiger charge is 2.10. The Morgan fingerprint density at radius 2 is 1.92 bits per heavy atom. The molecule has 0 fully saturated rings. The fourth-order valence-electron chi connectivity index (χ4n) is 2.33. The molecular weight excluding hydrogens is 307 g/mol. The van der Waals surface area contributed by atoms with Crippen molar-refractivity contribution in [2.24, 2.45) is 0 Å². The summed E-state index contributed by atoms with van der Waals surface area (Å²) in [6, 6.07) is 11.6. The fourth-order valence-corrected chi connectivity index (χ4v) is 2.33. The van der Waals surface area contributed by atoms with Crippen molar-refractivity contribution in [3.63, 3.8) is 0 Å². The van der Waals surface area contributed by atoms with Crippen LogP contribution < -0.4 is 10.6 Å². The van der Waals surface area contributed by atoms with Crippen LogP contribution >= 0.6 is 0 Å². The number of phenolic OH excluding ortho intramolecular Hbond substituents is 1. The van der Waals surface area contributed by atoms with Crippen LogP contribution in [0.25, 0.3) is 11.3 Å². The Bertz CT molecular complexity index is 883. The number of nitrogens with zero attached hydrogens (tertiary/aromatic N) is 2. The summed E-state index contributed by atoms with van der Waals surface area (Å²) in [5.41, 5.74) is 2.97. The summed E-state index contributed by atoms with van der Waals surface area (Å²) in [4.78, 5) is 8.37. The number of benzene rings is 2. The Morgan fingerprint density at radius 1 is 1.08 bits per heavy atom. The molecule has 1 heterocycles. The Hall–Kier alpha value is -3.15. The summed E-state index contributed by atoms with van der Waals surface area (Å²) in [6.45, 7) is 1.83. The molecule has 3 rings (SSSR count). The monoisotopic (exact) mass is 324 g/mol. The van der Waals surface area contributed by atoms with Crippen LogP contribution in [0.5, 0.6) is 5.75 Å². The Labute approximate surface area is 139 Å². The number of phenols is 1. The Morgan fingerprint density at radius 3 is 2.67 bits per heavy atom. The van der Waals surface area contributed by atoms with Gasteiger partial charge >= 0.3 is 0 Å². The van der Waals surface area contributed by atoms with Gasteiger partial charge in [0.05, 0.1) is 11.4 Å². The van der Waals surface area contributed by atoms with Gasteiger partial charge in [0.25, 0.3) is 0 Å². The van der Waals surface area contributed by atoms with Crippen LogP contribution in [-0.4, -0.2) is 22.1 Å². The van der Waals surface area contributed by atoms with E-state index in [1.54, 1.807) is 43.6 Å². The van der Waals surface area contributed by atoms with E-state index in [0.29, 0.717) is 28.6 Å². The zero-order valence-corrected chi connectivity index (χ0v) is 13.3. The molecule has 0 bridgehead atoms. The zero-order chi connectivity index (χ0) is 17.1. The summed E-state index contributed by atoms with van der Waals surface area (Å²) in [6.07, 6.45) is 1.60. The van der Waals surface area contributed by atoms with Crippen molar-refractivity contribution < 1.29 is 9.50 Å². The lowest BCUT2D eigenvalue weighted by atomic mass is 10.1. The van der Waals surface area contributed by atoms with Crippen LogP contribution in [0.1, 0.15) is 5.56 Å². The molecule has 0 aliphatic rings. The van der Waals surface area contributed by atoms with Gasteiger partial charge in [0, 0.05) is 24.5 Å². The number of aromatic nitrogens is 2. The summed E-state index contributed by atoms with van der Waals surface area (Å²) < 4.78 is 14.0. The number of hydrogen-bond acceptors (Lipinski definition) is 5. The third-order valence-corrected chi connectivity index (χ3v) is 3.56. The zero-order valence-electron chi connectivity index (χ0n) is 13.3. The van der Waals surface area contributed by atoms with Crippen molar-refractivity contribution in [2.75, 3.05) is 17.7 Å². The molecule has 3 aromatic rings. The minimum Gasteiger partial charge on any atom is -0.507 e. The van der Waals surface area contributed by atoms with Gasteiger partial charge in [0.1, 0.15) is 11.6 Å². The molecule has 0 aliphatic heterocycles. The van der Waals surface area contributed by atoms with Crippen molar-refractivity contribution in [3.05, 3.63) is 60.0 Å². The number of aromatic hydroxyl groups is 1. The number of rotatable bonds is 4. The second-order valence-corrected chi connectivity index (χ2v) is 5.36. The highest BCUT2D eigenvalue weighted by molar-refractivity contribution is 5.74. The minimum atomic E-state index is -0.330. The summed E-state index contributed by atoms with van der Waals surface area (Å²) >= 11 is 0. The van der Waals surface area contributed by atoms with E-state index in [1.165, 1.54) is 6.07 Å². The molecule has 0 unspecified atom stereocenters. The molecule has 2 aromatic carbocycles. The van der Waals surface area contributed by atoms with Gasteiger partial charge in [-0.15, -0.1) is 0 Å². The van der Waals surface area contributed by atoms with Gasteiger partial charge in [-0.1, -0.05) is 6.07 Å². The van der Waals surface area contributed by atoms with E-state index in [9.17, 15) is 9.50 Å². The van der Waals surface area contributed by atoms with E-state index >= 15 is 0 Å². The van der Waals surface area contributed by atoms with E-state index in [2.05, 4.69) is 20.6 Å². The average molecular weight is 324 g/mol. The highest BCUT2D eigenvalue weighted by atomic mass is 19.1. The number of halogens is 1. The number of nitrogens with one attached hydrogen (secondary N) is 2. The van der Waals surface area contributed by atoms with Crippen LogP contribution in [-0.2, 0) is 0 Å². The number of hydrogen-bond donors (Lipinski definition) is 3. The minimum absolute atomic E-state index is 0.0886. The summed E-state index contributed by atoms with van der Waals surface area (Å²) in [5, 5.41) is 16.0. The fraction of sp³-hybridized carbons (Fsp3) is 0.111. The molecule has 0 aliphatic carbocycles. The lowest BCUT2D eigenvalue weighted by Crippen LogP contribution is -1.98. The third kappa shape index (κ3) is 3.27. The Kier molecular flexibility index (Phi) is 4.29. The summed E-state index contributed by atoms with van der Waals surface area (Å²) in [7, 11) is 1.72. The molecule has 6 heteroatoms. The number of anilines is 3. The van der Waals surface area contributed by atoms with Crippen molar-refractivity contribution in [1.82, 2.24) is 9.97 Å². The molecule has 3 N–H and O–H groups in total. The maximum Gasteiger partial charge on any atom is 0.222 e. The molecule has 0 spiro atoms. The lowest BCUT2D eigenvalue weighted by Gasteiger charge is -2.11. The van der Waals surface area contributed by atoms with Crippen molar-refractivity contribution >= 4 is 17.3 Å². The number of aryl methyl sites for hydroxylation is 1. The molecule has 122 valence electrons. The normalized spacial score (nSPS) is 10.5. The van der Waals surface area contributed by atoms with Crippen LogP contribution in [0.2, 0.25) is 0 Å². The predicted molar refractivity (Wildman–Crippen MR) is 93.1 cm³/mol. The van der Waals surface area contributed by atoms with E-state index < -0.39 is 0 Å². The Balaban J connectivity index is 1.96. The predicted octanol–water partition coefficient (Wildman–Crippen LogP) is 4.08. The maximum absolute atomic E-state index is 14.0. The SMILES string of the molecule is CNc1nccc(-c2cc(Nc3ccc(C)cc3F)ccc2O)n1. The van der Waals surface area contributed by atoms with Gasteiger partial charge < -0.3 is 15.7 Å². The van der Waals surface area contributed by atoms with Crippen LogP contribution in [0.3, 0.4) is 0 Å². The topological polar surface area (TPSA) is 70.1 Å². The van der Waals surface area contributed by atoms with E-state index in [4.69, 9.17) is 0 Å². The van der Waals surface area contributed by atoms with E-state index in [-0.39, 0.29) is 11.6 Å². The van der Waals surface area contributed by atoms with Gasteiger partial charge in [-0.05, 0) is 48.9 Å². The highest BCUT2D eigenvalue weighted by Crippen LogP contribution is 2.32. The van der Waals surface area contributed by atoms with Crippen molar-refractivity contribution in [1.29, 1.82) is 0 Å². The second kappa shape index (κ2) is 6.54. The largest absolute Gasteiger partial charge is 0.507 e. The third-order valence-electron chi connectivity index (χ3n) is 3.56. The first-order valence-corrected chi connectivity index (χ1v) is 7.44. The molecule has 1 aromatic heterocycles. The lowest BCUT2D eigenvalue weighted by molar-refractivity contribution is 0.477. The second-order valence-electron chi connectivity index (χ2n) is 5.36. The molecule has 0 saturated carbocycles. The standard InChI is InChI=1S/C18H17FN4O/c1-11-3-5-16(14(19)9-11)22-12-4-6-17(24)13(10-12)15-7-8-21-18(20-2)23-15/h3-10,22,24H,1-2H3,(H,20,21,23). The first-order chi connectivity index (χ1) is 11.6. The van der Waals surface area contributed by atoms with Crippen LogP contribution in [0.4, 0.5) is 21.7 Å². The van der Waals surface area contributed by atoms with E-state index in [1.807, 2.05) is 13.0 Å². The maximum atomic E-state index is 14.0. The first kappa shape index (κ1) is 15.7. The molecule has 0 atom stereocenters. The van der Waals surface area contributed by atoms with Gasteiger partial charge in [0.15, 0.2) is 0 Å². The quantitative estimate of drug-likeness (QED) is 0.631. The van der Waals surface area contributed by atoms with Crippen LogP contribution in [0, 0.1) is 12.7 Å². The average Bonchev–Trinajstić information content (AvgIpc) is 2.59.